The molecule has 1 atom stereocenters. The van der Waals surface area contributed by atoms with Crippen LogP contribution in [0.4, 0.5) is 13.2 Å². The third-order valence-corrected chi connectivity index (χ3v) is 3.81. The van der Waals surface area contributed by atoms with Crippen LogP contribution in [0.1, 0.15) is 29.7 Å². The van der Waals surface area contributed by atoms with Crippen molar-refractivity contribution in [2.75, 3.05) is 6.54 Å². The number of benzene rings is 2. The first kappa shape index (κ1) is 15.9. The second-order valence-corrected chi connectivity index (χ2v) is 5.13. The molecule has 0 radical (unpaired) electrons. The van der Waals surface area contributed by atoms with Gasteiger partial charge in [0.1, 0.15) is 5.82 Å². The first-order valence-electron chi connectivity index (χ1n) is 6.58. The minimum Gasteiger partial charge on any atom is -0.306 e. The van der Waals surface area contributed by atoms with Crippen molar-refractivity contribution in [3.63, 3.8) is 0 Å². The number of aryl methyl sites for hydroxylation is 1. The lowest BCUT2D eigenvalue weighted by Gasteiger charge is -2.21. The number of hydrogen-bond acceptors (Lipinski definition) is 1. The second kappa shape index (κ2) is 6.50. The summed E-state index contributed by atoms with van der Waals surface area (Å²) in [5.74, 6) is -3.10. The van der Waals surface area contributed by atoms with Gasteiger partial charge in [-0.2, -0.15) is 0 Å². The lowest BCUT2D eigenvalue weighted by atomic mass is 9.96. The van der Waals surface area contributed by atoms with Gasteiger partial charge in [-0.05, 0) is 30.7 Å². The number of rotatable bonds is 4. The zero-order valence-corrected chi connectivity index (χ0v) is 12.4. The molecule has 112 valence electrons. The second-order valence-electron chi connectivity index (χ2n) is 4.76. The van der Waals surface area contributed by atoms with E-state index in [2.05, 4.69) is 5.32 Å². The van der Waals surface area contributed by atoms with E-state index in [4.69, 9.17) is 11.6 Å². The van der Waals surface area contributed by atoms with E-state index in [1.807, 2.05) is 19.9 Å². The molecule has 0 aliphatic heterocycles. The fraction of sp³-hybridized carbons (Fsp3) is 0.250. The van der Waals surface area contributed by atoms with Gasteiger partial charge in [0.15, 0.2) is 11.6 Å². The van der Waals surface area contributed by atoms with Gasteiger partial charge in [-0.25, -0.2) is 13.2 Å². The predicted molar refractivity (Wildman–Crippen MR) is 78.0 cm³/mol. The summed E-state index contributed by atoms with van der Waals surface area (Å²) in [6.07, 6.45) is 0. The fourth-order valence-electron chi connectivity index (χ4n) is 2.24. The topological polar surface area (TPSA) is 12.0 Å². The molecule has 1 N–H and O–H groups in total. The third-order valence-electron chi connectivity index (χ3n) is 3.29. The van der Waals surface area contributed by atoms with Crippen molar-refractivity contribution in [1.82, 2.24) is 5.32 Å². The minimum atomic E-state index is -1.21. The molecule has 2 rings (SSSR count). The van der Waals surface area contributed by atoms with Gasteiger partial charge in [0.05, 0.1) is 6.04 Å². The van der Waals surface area contributed by atoms with E-state index >= 15 is 0 Å². The summed E-state index contributed by atoms with van der Waals surface area (Å²) in [6.45, 7) is 4.19. The van der Waals surface area contributed by atoms with Crippen LogP contribution in [0, 0.1) is 24.4 Å². The molecule has 2 aromatic rings. The molecule has 0 saturated heterocycles. The summed E-state index contributed by atoms with van der Waals surface area (Å²) in [4.78, 5) is 0. The van der Waals surface area contributed by atoms with Gasteiger partial charge in [-0.1, -0.05) is 36.7 Å². The Balaban J connectivity index is 2.59. The zero-order valence-electron chi connectivity index (χ0n) is 11.7. The maximum absolute atomic E-state index is 14.0. The molecule has 5 heteroatoms. The summed E-state index contributed by atoms with van der Waals surface area (Å²) in [5.41, 5.74) is 1.49. The molecule has 0 aliphatic carbocycles. The van der Waals surface area contributed by atoms with Crippen LogP contribution in [-0.4, -0.2) is 6.54 Å². The van der Waals surface area contributed by atoms with E-state index in [-0.39, 0.29) is 5.56 Å². The molecule has 0 spiro atoms. The Labute approximate surface area is 126 Å². The van der Waals surface area contributed by atoms with E-state index in [0.29, 0.717) is 23.2 Å². The van der Waals surface area contributed by atoms with E-state index in [1.54, 1.807) is 12.1 Å². The van der Waals surface area contributed by atoms with Crippen LogP contribution >= 0.6 is 11.6 Å². The van der Waals surface area contributed by atoms with Gasteiger partial charge < -0.3 is 5.32 Å². The normalized spacial score (nSPS) is 12.5. The highest BCUT2D eigenvalue weighted by Gasteiger charge is 2.22. The smallest absolute Gasteiger partial charge is 0.161 e. The van der Waals surface area contributed by atoms with E-state index in [9.17, 15) is 13.2 Å². The average Bonchev–Trinajstić information content (AvgIpc) is 2.44. The van der Waals surface area contributed by atoms with Gasteiger partial charge in [-0.3, -0.25) is 0 Å². The summed E-state index contributed by atoms with van der Waals surface area (Å²) in [5, 5.41) is 3.54. The average molecular weight is 314 g/mol. The van der Waals surface area contributed by atoms with Gasteiger partial charge >= 0.3 is 0 Å². The Morgan fingerprint density at radius 1 is 1.05 bits per heavy atom. The molecule has 0 aromatic heterocycles. The zero-order chi connectivity index (χ0) is 15.6. The Hall–Kier alpha value is -1.52. The van der Waals surface area contributed by atoms with Gasteiger partial charge in [0, 0.05) is 16.7 Å². The van der Waals surface area contributed by atoms with Gasteiger partial charge in [0.2, 0.25) is 0 Å². The van der Waals surface area contributed by atoms with Gasteiger partial charge in [0.25, 0.3) is 0 Å². The summed E-state index contributed by atoms with van der Waals surface area (Å²) in [7, 11) is 0. The van der Waals surface area contributed by atoms with E-state index in [0.717, 1.165) is 11.6 Å². The van der Waals surface area contributed by atoms with Crippen molar-refractivity contribution >= 4 is 11.6 Å². The van der Waals surface area contributed by atoms with Crippen molar-refractivity contribution < 1.29 is 13.2 Å². The van der Waals surface area contributed by atoms with Crippen molar-refractivity contribution in [1.29, 1.82) is 0 Å². The van der Waals surface area contributed by atoms with Crippen molar-refractivity contribution in [2.24, 2.45) is 0 Å². The SMILES string of the molecule is CCNC(c1cc(F)c(F)cc1F)c1cccc(C)c1Cl. The van der Waals surface area contributed by atoms with E-state index in [1.165, 1.54) is 0 Å². The van der Waals surface area contributed by atoms with Gasteiger partial charge in [-0.15, -0.1) is 0 Å². The van der Waals surface area contributed by atoms with Crippen molar-refractivity contribution in [2.45, 2.75) is 19.9 Å². The molecule has 0 amide bonds. The molecule has 1 unspecified atom stereocenters. The predicted octanol–water partition coefficient (Wildman–Crippen LogP) is 4.76. The molecule has 0 saturated carbocycles. The fourth-order valence-corrected chi connectivity index (χ4v) is 2.48. The monoisotopic (exact) mass is 313 g/mol. The first-order chi connectivity index (χ1) is 9.95. The molecular formula is C16H15ClF3N. The van der Waals surface area contributed by atoms with Crippen LogP contribution in [0.3, 0.4) is 0 Å². The van der Waals surface area contributed by atoms with Crippen LogP contribution in [0.5, 0.6) is 0 Å². The summed E-state index contributed by atoms with van der Waals surface area (Å²) >= 11 is 6.27. The molecular weight excluding hydrogens is 299 g/mol. The highest BCUT2D eigenvalue weighted by Crippen LogP contribution is 2.32. The maximum atomic E-state index is 14.0. The number of hydrogen-bond donors (Lipinski definition) is 1. The van der Waals surface area contributed by atoms with Crippen LogP contribution in [0.15, 0.2) is 30.3 Å². The highest BCUT2D eigenvalue weighted by atomic mass is 35.5. The summed E-state index contributed by atoms with van der Waals surface area (Å²) in [6, 6.07) is 6.14. The molecule has 0 heterocycles. The maximum Gasteiger partial charge on any atom is 0.161 e. The number of nitrogens with one attached hydrogen (secondary N) is 1. The van der Waals surface area contributed by atoms with Crippen molar-refractivity contribution in [3.05, 3.63) is 69.5 Å². The molecule has 2 aromatic carbocycles. The Morgan fingerprint density at radius 3 is 2.38 bits per heavy atom. The summed E-state index contributed by atoms with van der Waals surface area (Å²) < 4.78 is 40.6. The standard InChI is InChI=1S/C16H15ClF3N/c1-3-21-16(10-6-4-5-9(2)15(10)17)11-7-13(19)14(20)8-12(11)18/h4-8,16,21H,3H2,1-2H3. The van der Waals surface area contributed by atoms with Crippen LogP contribution in [0.2, 0.25) is 5.02 Å². The Morgan fingerprint density at radius 2 is 1.71 bits per heavy atom. The van der Waals surface area contributed by atoms with Crippen LogP contribution < -0.4 is 5.32 Å². The quantitative estimate of drug-likeness (QED) is 0.802. The molecule has 21 heavy (non-hydrogen) atoms. The number of halogens is 4. The Kier molecular flexibility index (Phi) is 4.91. The largest absolute Gasteiger partial charge is 0.306 e. The lowest BCUT2D eigenvalue weighted by molar-refractivity contribution is 0.481. The van der Waals surface area contributed by atoms with Crippen LogP contribution in [0.25, 0.3) is 0 Å². The highest BCUT2D eigenvalue weighted by molar-refractivity contribution is 6.32. The molecule has 0 bridgehead atoms. The lowest BCUT2D eigenvalue weighted by Crippen LogP contribution is -2.24. The Bertz CT molecular complexity index is 658. The first-order valence-corrected chi connectivity index (χ1v) is 6.96. The van der Waals surface area contributed by atoms with Crippen molar-refractivity contribution in [3.8, 4) is 0 Å². The molecule has 0 fully saturated rings. The third kappa shape index (κ3) is 3.22. The van der Waals surface area contributed by atoms with Crippen LogP contribution in [-0.2, 0) is 0 Å². The molecule has 0 aliphatic rings. The van der Waals surface area contributed by atoms with E-state index < -0.39 is 23.5 Å². The molecule has 1 nitrogen and oxygen atoms in total. The minimum absolute atomic E-state index is 0.0308.